The number of esters is 1. The Hall–Kier alpha value is -1.10. The van der Waals surface area contributed by atoms with Crippen LogP contribution in [0.25, 0.3) is 0 Å². The summed E-state index contributed by atoms with van der Waals surface area (Å²) in [7, 11) is 0. The Morgan fingerprint density at radius 3 is 2.48 bits per heavy atom. The zero-order chi connectivity index (χ0) is 14.4. The molecule has 0 aromatic heterocycles. The molecule has 0 heterocycles. The number of carbonyl (C=O) groups is 1. The van der Waals surface area contributed by atoms with Gasteiger partial charge in [0, 0.05) is 0 Å². The van der Waals surface area contributed by atoms with Gasteiger partial charge in [-0.05, 0) is 24.3 Å². The first-order valence-corrected chi connectivity index (χ1v) is 7.32. The van der Waals surface area contributed by atoms with Crippen molar-refractivity contribution in [1.82, 2.24) is 0 Å². The van der Waals surface area contributed by atoms with Crippen LogP contribution >= 0.6 is 12.4 Å². The molecule has 0 amide bonds. The summed E-state index contributed by atoms with van der Waals surface area (Å²) in [6, 6.07) is 8.51. The molecule has 21 heavy (non-hydrogen) atoms. The van der Waals surface area contributed by atoms with E-state index in [-0.39, 0.29) is 24.9 Å². The molecule has 1 aliphatic carbocycles. The zero-order valence-corrected chi connectivity index (χ0v) is 12.9. The number of ether oxygens (including phenoxy) is 1. The minimum Gasteiger partial charge on any atom is -0.460 e. The molecule has 2 atom stereocenters. The zero-order valence-electron chi connectivity index (χ0n) is 12.1. The fourth-order valence-electron chi connectivity index (χ4n) is 2.73. The van der Waals surface area contributed by atoms with Crippen LogP contribution in [-0.4, -0.2) is 23.2 Å². The Kier molecular flexibility index (Phi) is 7.72. The van der Waals surface area contributed by atoms with Gasteiger partial charge in [0.05, 0.1) is 6.10 Å². The summed E-state index contributed by atoms with van der Waals surface area (Å²) >= 11 is 0. The molecule has 1 aromatic carbocycles. The van der Waals surface area contributed by atoms with Gasteiger partial charge < -0.3 is 15.6 Å². The first-order chi connectivity index (χ1) is 9.68. The molecule has 0 unspecified atom stereocenters. The maximum Gasteiger partial charge on any atom is 0.325 e. The SMILES string of the molecule is Cl.N[C@H](C(=O)OCc1ccccc1)[C@@H](O)C1CCCCC1. The molecule has 1 aliphatic rings. The third kappa shape index (κ3) is 5.30. The molecule has 3 N–H and O–H groups in total. The smallest absolute Gasteiger partial charge is 0.325 e. The van der Waals surface area contributed by atoms with Crippen molar-refractivity contribution in [3.8, 4) is 0 Å². The maximum atomic E-state index is 11.9. The number of hydrogen-bond donors (Lipinski definition) is 2. The summed E-state index contributed by atoms with van der Waals surface area (Å²) in [6.07, 6.45) is 4.51. The van der Waals surface area contributed by atoms with Crippen LogP contribution in [0.3, 0.4) is 0 Å². The molecule has 0 bridgehead atoms. The summed E-state index contributed by atoms with van der Waals surface area (Å²) in [4.78, 5) is 11.9. The second-order valence-electron chi connectivity index (χ2n) is 5.51. The summed E-state index contributed by atoms with van der Waals surface area (Å²) in [5, 5.41) is 10.2. The monoisotopic (exact) mass is 313 g/mol. The van der Waals surface area contributed by atoms with E-state index < -0.39 is 18.1 Å². The molecule has 4 nitrogen and oxygen atoms in total. The third-order valence-corrected chi connectivity index (χ3v) is 4.00. The van der Waals surface area contributed by atoms with E-state index in [2.05, 4.69) is 0 Å². The quantitative estimate of drug-likeness (QED) is 0.819. The van der Waals surface area contributed by atoms with E-state index in [4.69, 9.17) is 10.5 Å². The Morgan fingerprint density at radius 2 is 1.86 bits per heavy atom. The van der Waals surface area contributed by atoms with Gasteiger partial charge in [-0.25, -0.2) is 0 Å². The van der Waals surface area contributed by atoms with Crippen LogP contribution in [0, 0.1) is 5.92 Å². The highest BCUT2D eigenvalue weighted by atomic mass is 35.5. The van der Waals surface area contributed by atoms with Crippen LogP contribution in [0.2, 0.25) is 0 Å². The van der Waals surface area contributed by atoms with Gasteiger partial charge in [0.25, 0.3) is 0 Å². The summed E-state index contributed by atoms with van der Waals surface area (Å²) in [5.41, 5.74) is 6.75. The Balaban J connectivity index is 0.00000220. The average Bonchev–Trinajstić information content (AvgIpc) is 2.53. The number of halogens is 1. The van der Waals surface area contributed by atoms with Crippen molar-refractivity contribution in [2.75, 3.05) is 0 Å². The molecule has 0 radical (unpaired) electrons. The van der Waals surface area contributed by atoms with Crippen LogP contribution in [0.4, 0.5) is 0 Å². The highest BCUT2D eigenvalue weighted by molar-refractivity contribution is 5.85. The van der Waals surface area contributed by atoms with Crippen molar-refractivity contribution in [3.63, 3.8) is 0 Å². The lowest BCUT2D eigenvalue weighted by atomic mass is 9.83. The molecule has 118 valence electrons. The topological polar surface area (TPSA) is 72.6 Å². The lowest BCUT2D eigenvalue weighted by Gasteiger charge is -2.29. The fourth-order valence-corrected chi connectivity index (χ4v) is 2.73. The van der Waals surface area contributed by atoms with Gasteiger partial charge >= 0.3 is 5.97 Å². The second kappa shape index (κ2) is 9.03. The molecule has 1 aromatic rings. The Morgan fingerprint density at radius 1 is 1.24 bits per heavy atom. The predicted molar refractivity (Wildman–Crippen MR) is 84.0 cm³/mol. The van der Waals surface area contributed by atoms with Crippen molar-refractivity contribution in [1.29, 1.82) is 0 Å². The minimum atomic E-state index is -0.943. The van der Waals surface area contributed by atoms with E-state index in [1.165, 1.54) is 6.42 Å². The summed E-state index contributed by atoms with van der Waals surface area (Å²) < 4.78 is 5.18. The average molecular weight is 314 g/mol. The Labute approximate surface area is 132 Å². The highest BCUT2D eigenvalue weighted by Crippen LogP contribution is 2.27. The number of aliphatic hydroxyl groups is 1. The maximum absolute atomic E-state index is 11.9. The van der Waals surface area contributed by atoms with E-state index in [9.17, 15) is 9.90 Å². The van der Waals surface area contributed by atoms with Crippen LogP contribution in [-0.2, 0) is 16.1 Å². The molecular formula is C16H24ClNO3. The van der Waals surface area contributed by atoms with Crippen molar-refractivity contribution in [2.45, 2.75) is 50.9 Å². The molecule has 2 rings (SSSR count). The van der Waals surface area contributed by atoms with Crippen LogP contribution < -0.4 is 5.73 Å². The molecule has 1 fully saturated rings. The first kappa shape index (κ1) is 18.0. The highest BCUT2D eigenvalue weighted by Gasteiger charge is 2.31. The number of nitrogens with two attached hydrogens (primary N) is 1. The van der Waals surface area contributed by atoms with Crippen LogP contribution in [0.5, 0.6) is 0 Å². The van der Waals surface area contributed by atoms with E-state index >= 15 is 0 Å². The van der Waals surface area contributed by atoms with E-state index in [0.29, 0.717) is 0 Å². The standard InChI is InChI=1S/C16H23NO3.ClH/c17-14(15(18)13-9-5-2-6-10-13)16(19)20-11-12-7-3-1-4-8-12;/h1,3-4,7-8,13-15,18H,2,5-6,9-11,17H2;1H/t14-,15-;/m0./s1. The van der Waals surface area contributed by atoms with E-state index in [0.717, 1.165) is 31.2 Å². The van der Waals surface area contributed by atoms with Crippen LogP contribution in [0.1, 0.15) is 37.7 Å². The second-order valence-corrected chi connectivity index (χ2v) is 5.51. The van der Waals surface area contributed by atoms with Crippen molar-refractivity contribution >= 4 is 18.4 Å². The third-order valence-electron chi connectivity index (χ3n) is 4.00. The number of aliphatic hydroxyl groups excluding tert-OH is 1. The van der Waals surface area contributed by atoms with Gasteiger partial charge in [0.1, 0.15) is 12.6 Å². The van der Waals surface area contributed by atoms with Crippen molar-refractivity contribution in [3.05, 3.63) is 35.9 Å². The lowest BCUT2D eigenvalue weighted by molar-refractivity contribution is -0.150. The largest absolute Gasteiger partial charge is 0.460 e. The van der Waals surface area contributed by atoms with E-state index in [1.54, 1.807) is 0 Å². The fraction of sp³-hybridized carbons (Fsp3) is 0.562. The number of hydrogen-bond acceptors (Lipinski definition) is 4. The molecule has 0 aliphatic heterocycles. The lowest BCUT2D eigenvalue weighted by Crippen LogP contribution is -2.47. The van der Waals surface area contributed by atoms with E-state index in [1.807, 2.05) is 30.3 Å². The normalized spacial score (nSPS) is 18.4. The van der Waals surface area contributed by atoms with Crippen molar-refractivity contribution in [2.24, 2.45) is 11.7 Å². The summed E-state index contributed by atoms with van der Waals surface area (Å²) in [6.45, 7) is 0.199. The molecule has 1 saturated carbocycles. The number of rotatable bonds is 5. The molecular weight excluding hydrogens is 290 g/mol. The van der Waals surface area contributed by atoms with Gasteiger partial charge in [-0.15, -0.1) is 12.4 Å². The number of carbonyl (C=O) groups excluding carboxylic acids is 1. The molecule has 0 spiro atoms. The van der Waals surface area contributed by atoms with Gasteiger partial charge in [0.15, 0.2) is 0 Å². The first-order valence-electron chi connectivity index (χ1n) is 7.32. The van der Waals surface area contributed by atoms with Gasteiger partial charge in [-0.1, -0.05) is 49.6 Å². The summed E-state index contributed by atoms with van der Waals surface area (Å²) in [5.74, 6) is -0.394. The van der Waals surface area contributed by atoms with Gasteiger partial charge in [-0.3, -0.25) is 4.79 Å². The van der Waals surface area contributed by atoms with Gasteiger partial charge in [-0.2, -0.15) is 0 Å². The van der Waals surface area contributed by atoms with Gasteiger partial charge in [0.2, 0.25) is 0 Å². The minimum absolute atomic E-state index is 0. The predicted octanol–water partition coefficient (Wildman–Crippen LogP) is 2.42. The number of benzene rings is 1. The molecule has 0 saturated heterocycles. The van der Waals surface area contributed by atoms with Crippen molar-refractivity contribution < 1.29 is 14.6 Å². The Bertz CT molecular complexity index is 421. The van der Waals surface area contributed by atoms with Crippen LogP contribution in [0.15, 0.2) is 30.3 Å². The molecule has 5 heteroatoms.